The molecule has 4 heteroatoms. The van der Waals surface area contributed by atoms with Gasteiger partial charge in [-0.25, -0.2) is 9.97 Å². The monoisotopic (exact) mass is 346 g/mol. The highest BCUT2D eigenvalue weighted by molar-refractivity contribution is 5.75. The first-order valence-corrected chi connectivity index (χ1v) is 9.76. The molecule has 0 unspecified atom stereocenters. The lowest BCUT2D eigenvalue weighted by molar-refractivity contribution is 0.586. The SMILES string of the molecule is c1ccc2[nH]c(CCCCCCCCc3nc4ccccc4[nH]3)nc2c1. The summed E-state index contributed by atoms with van der Waals surface area (Å²) in [7, 11) is 0. The van der Waals surface area contributed by atoms with Gasteiger partial charge in [-0.3, -0.25) is 0 Å². The first kappa shape index (κ1) is 16.8. The zero-order chi connectivity index (χ0) is 17.6. The van der Waals surface area contributed by atoms with Gasteiger partial charge in [0.25, 0.3) is 0 Å². The summed E-state index contributed by atoms with van der Waals surface area (Å²) in [6.45, 7) is 0. The van der Waals surface area contributed by atoms with E-state index in [0.29, 0.717) is 0 Å². The van der Waals surface area contributed by atoms with Gasteiger partial charge in [0.15, 0.2) is 0 Å². The van der Waals surface area contributed by atoms with Crippen LogP contribution in [0, 0.1) is 0 Å². The first-order valence-electron chi connectivity index (χ1n) is 9.76. The molecule has 0 fully saturated rings. The number of hydrogen-bond acceptors (Lipinski definition) is 2. The Morgan fingerprint density at radius 1 is 0.538 bits per heavy atom. The van der Waals surface area contributed by atoms with Gasteiger partial charge in [0.2, 0.25) is 0 Å². The molecule has 4 nitrogen and oxygen atoms in total. The van der Waals surface area contributed by atoms with E-state index in [1.807, 2.05) is 12.1 Å². The van der Waals surface area contributed by atoms with Crippen molar-refractivity contribution in [1.82, 2.24) is 19.9 Å². The molecule has 2 heterocycles. The molecule has 0 aliphatic rings. The Morgan fingerprint density at radius 3 is 1.42 bits per heavy atom. The molecule has 0 atom stereocenters. The smallest absolute Gasteiger partial charge is 0.107 e. The minimum atomic E-state index is 1.05. The average molecular weight is 346 g/mol. The summed E-state index contributed by atoms with van der Waals surface area (Å²) in [4.78, 5) is 16.1. The van der Waals surface area contributed by atoms with E-state index in [2.05, 4.69) is 56.3 Å². The van der Waals surface area contributed by atoms with Crippen LogP contribution in [0.2, 0.25) is 0 Å². The Balaban J connectivity index is 1.10. The topological polar surface area (TPSA) is 57.4 Å². The predicted molar refractivity (Wildman–Crippen MR) is 107 cm³/mol. The van der Waals surface area contributed by atoms with E-state index in [9.17, 15) is 0 Å². The van der Waals surface area contributed by atoms with Crippen molar-refractivity contribution in [3.8, 4) is 0 Å². The van der Waals surface area contributed by atoms with Gasteiger partial charge in [-0.15, -0.1) is 0 Å². The lowest BCUT2D eigenvalue weighted by Crippen LogP contribution is -1.90. The molecule has 2 N–H and O–H groups in total. The number of hydrogen-bond donors (Lipinski definition) is 2. The number of nitrogens with zero attached hydrogens (tertiary/aromatic N) is 2. The molecule has 0 aliphatic carbocycles. The lowest BCUT2D eigenvalue weighted by Gasteiger charge is -2.00. The van der Waals surface area contributed by atoms with Crippen molar-refractivity contribution in [2.75, 3.05) is 0 Å². The fourth-order valence-electron chi connectivity index (χ4n) is 3.54. The molecule has 4 rings (SSSR count). The number of aryl methyl sites for hydroxylation is 2. The number of aromatic nitrogens is 4. The number of imidazole rings is 2. The van der Waals surface area contributed by atoms with Gasteiger partial charge in [0.1, 0.15) is 11.6 Å². The number of fused-ring (bicyclic) bond motifs is 2. The van der Waals surface area contributed by atoms with E-state index in [0.717, 1.165) is 46.6 Å². The number of unbranched alkanes of at least 4 members (excludes halogenated alkanes) is 5. The van der Waals surface area contributed by atoms with Gasteiger partial charge in [-0.05, 0) is 37.1 Å². The van der Waals surface area contributed by atoms with Crippen LogP contribution in [0.4, 0.5) is 0 Å². The quantitative estimate of drug-likeness (QED) is 0.390. The summed E-state index contributed by atoms with van der Waals surface area (Å²) in [6.07, 6.45) is 9.69. The Labute approximate surface area is 154 Å². The Bertz CT molecular complexity index is 820. The van der Waals surface area contributed by atoms with Gasteiger partial charge in [-0.1, -0.05) is 49.9 Å². The van der Waals surface area contributed by atoms with E-state index in [1.165, 1.54) is 38.5 Å². The summed E-state index contributed by atoms with van der Waals surface area (Å²) >= 11 is 0. The van der Waals surface area contributed by atoms with Crippen LogP contribution in [0.25, 0.3) is 22.1 Å². The minimum Gasteiger partial charge on any atom is -0.342 e. The summed E-state index contributed by atoms with van der Waals surface area (Å²) in [5.74, 6) is 2.24. The molecule has 4 aromatic rings. The van der Waals surface area contributed by atoms with Crippen LogP contribution < -0.4 is 0 Å². The number of benzene rings is 2. The number of H-pyrrole nitrogens is 2. The molecule has 134 valence electrons. The molecular formula is C22H26N4. The highest BCUT2D eigenvalue weighted by atomic mass is 14.9. The maximum absolute atomic E-state index is 4.65. The molecule has 0 saturated carbocycles. The number of aromatic amines is 2. The average Bonchev–Trinajstić information content (AvgIpc) is 3.26. The molecular weight excluding hydrogens is 320 g/mol. The number of para-hydroxylation sites is 4. The van der Waals surface area contributed by atoms with Crippen molar-refractivity contribution in [3.05, 3.63) is 60.2 Å². The molecule has 2 aromatic heterocycles. The van der Waals surface area contributed by atoms with Crippen molar-refractivity contribution >= 4 is 22.1 Å². The maximum Gasteiger partial charge on any atom is 0.107 e. The van der Waals surface area contributed by atoms with Crippen molar-refractivity contribution < 1.29 is 0 Å². The number of nitrogens with one attached hydrogen (secondary N) is 2. The molecule has 0 bridgehead atoms. The molecule has 26 heavy (non-hydrogen) atoms. The van der Waals surface area contributed by atoms with E-state index in [4.69, 9.17) is 0 Å². The highest BCUT2D eigenvalue weighted by Gasteiger charge is 2.03. The second-order valence-electron chi connectivity index (χ2n) is 7.02. The van der Waals surface area contributed by atoms with Crippen LogP contribution in [0.1, 0.15) is 50.2 Å². The standard InChI is InChI=1S/C22H26N4/c1(3-5-15-21-23-17-11-7-8-12-18(17)24-21)2-4-6-16-22-25-19-13-9-10-14-20(19)26-22/h7-14H,1-6,15-16H2,(H,23,24)(H,25,26). The minimum absolute atomic E-state index is 1.05. The Kier molecular flexibility index (Phi) is 5.29. The van der Waals surface area contributed by atoms with Crippen LogP contribution >= 0.6 is 0 Å². The van der Waals surface area contributed by atoms with E-state index < -0.39 is 0 Å². The lowest BCUT2D eigenvalue weighted by atomic mass is 10.1. The van der Waals surface area contributed by atoms with E-state index >= 15 is 0 Å². The van der Waals surface area contributed by atoms with Gasteiger partial charge >= 0.3 is 0 Å². The summed E-state index contributed by atoms with van der Waals surface area (Å²) in [5, 5.41) is 0. The van der Waals surface area contributed by atoms with Crippen LogP contribution in [0.3, 0.4) is 0 Å². The molecule has 0 saturated heterocycles. The van der Waals surface area contributed by atoms with Crippen molar-refractivity contribution in [2.24, 2.45) is 0 Å². The van der Waals surface area contributed by atoms with Crippen molar-refractivity contribution in [1.29, 1.82) is 0 Å². The molecule has 0 radical (unpaired) electrons. The summed E-state index contributed by atoms with van der Waals surface area (Å²) in [6, 6.07) is 16.5. The summed E-state index contributed by atoms with van der Waals surface area (Å²) < 4.78 is 0. The van der Waals surface area contributed by atoms with E-state index in [-0.39, 0.29) is 0 Å². The second-order valence-corrected chi connectivity index (χ2v) is 7.02. The zero-order valence-electron chi connectivity index (χ0n) is 15.2. The van der Waals surface area contributed by atoms with Gasteiger partial charge in [0.05, 0.1) is 22.1 Å². The summed E-state index contributed by atoms with van der Waals surface area (Å²) in [5.41, 5.74) is 4.45. The van der Waals surface area contributed by atoms with Crippen LogP contribution in [-0.2, 0) is 12.8 Å². The third-order valence-electron chi connectivity index (χ3n) is 4.95. The second kappa shape index (κ2) is 8.17. The predicted octanol–water partition coefficient (Wildman–Crippen LogP) is 5.57. The molecule has 0 amide bonds. The molecule has 0 aliphatic heterocycles. The van der Waals surface area contributed by atoms with Gasteiger partial charge in [-0.2, -0.15) is 0 Å². The van der Waals surface area contributed by atoms with Gasteiger partial charge in [0, 0.05) is 12.8 Å². The largest absolute Gasteiger partial charge is 0.342 e. The molecule has 0 spiro atoms. The fraction of sp³-hybridized carbons (Fsp3) is 0.364. The normalized spacial score (nSPS) is 11.5. The Morgan fingerprint density at radius 2 is 0.962 bits per heavy atom. The van der Waals surface area contributed by atoms with Crippen molar-refractivity contribution in [3.63, 3.8) is 0 Å². The van der Waals surface area contributed by atoms with Crippen LogP contribution in [-0.4, -0.2) is 19.9 Å². The van der Waals surface area contributed by atoms with Crippen LogP contribution in [0.15, 0.2) is 48.5 Å². The first-order chi connectivity index (χ1) is 12.9. The van der Waals surface area contributed by atoms with Crippen molar-refractivity contribution in [2.45, 2.75) is 51.4 Å². The number of rotatable bonds is 9. The van der Waals surface area contributed by atoms with Crippen LogP contribution in [0.5, 0.6) is 0 Å². The third kappa shape index (κ3) is 4.13. The van der Waals surface area contributed by atoms with E-state index in [1.54, 1.807) is 0 Å². The highest BCUT2D eigenvalue weighted by Crippen LogP contribution is 2.15. The fourth-order valence-corrected chi connectivity index (χ4v) is 3.54. The third-order valence-corrected chi connectivity index (χ3v) is 4.95. The molecule has 2 aromatic carbocycles. The van der Waals surface area contributed by atoms with Gasteiger partial charge < -0.3 is 9.97 Å². The maximum atomic E-state index is 4.65. The zero-order valence-corrected chi connectivity index (χ0v) is 15.2. The Hall–Kier alpha value is -2.62.